The molecule has 0 atom stereocenters. The molecular formula is C21H27Cl2N7. The van der Waals surface area contributed by atoms with Crippen LogP contribution in [-0.4, -0.2) is 53.0 Å². The monoisotopic (exact) mass is 447 g/mol. The molecule has 2 aliphatic rings. The number of nitrogens with two attached hydrogens (primary N) is 1. The van der Waals surface area contributed by atoms with Gasteiger partial charge in [-0.1, -0.05) is 23.2 Å². The number of anilines is 2. The Morgan fingerprint density at radius 1 is 1.07 bits per heavy atom. The summed E-state index contributed by atoms with van der Waals surface area (Å²) in [5.74, 6) is 1.44. The molecule has 0 spiro atoms. The van der Waals surface area contributed by atoms with E-state index in [0.717, 1.165) is 24.6 Å². The average Bonchev–Trinajstić information content (AvgIpc) is 3.25. The van der Waals surface area contributed by atoms with Gasteiger partial charge in [0.2, 0.25) is 5.96 Å². The van der Waals surface area contributed by atoms with Crippen molar-refractivity contribution >= 4 is 46.6 Å². The minimum Gasteiger partial charge on any atom is -0.369 e. The lowest BCUT2D eigenvalue weighted by atomic mass is 10.0. The largest absolute Gasteiger partial charge is 0.369 e. The van der Waals surface area contributed by atoms with Gasteiger partial charge in [0.05, 0.1) is 10.0 Å². The van der Waals surface area contributed by atoms with E-state index in [2.05, 4.69) is 30.1 Å². The highest BCUT2D eigenvalue weighted by Crippen LogP contribution is 2.26. The Hall–Kier alpha value is -2.09. The van der Waals surface area contributed by atoms with Crippen LogP contribution in [0.1, 0.15) is 31.4 Å². The molecule has 3 heterocycles. The smallest absolute Gasteiger partial charge is 0.254 e. The molecule has 9 heteroatoms. The standard InChI is InChI=1S/C21H27Cl2N7/c1-14-12-19(30-10-6-16(7-11-30)29-8-2-3-9-29)27-21(25-14)28-20(24)26-15-4-5-17(22)18(23)13-15/h4-5,12-13,16H,2-3,6-11H2,1H3,(H3,24,25,26,27,28). The van der Waals surface area contributed by atoms with E-state index < -0.39 is 0 Å². The summed E-state index contributed by atoms with van der Waals surface area (Å²) in [5.41, 5.74) is 7.62. The Balaban J connectivity index is 1.43. The van der Waals surface area contributed by atoms with Gasteiger partial charge < -0.3 is 20.9 Å². The zero-order valence-corrected chi connectivity index (χ0v) is 18.6. The van der Waals surface area contributed by atoms with E-state index in [1.54, 1.807) is 18.2 Å². The summed E-state index contributed by atoms with van der Waals surface area (Å²) in [6.45, 7) is 6.45. The summed E-state index contributed by atoms with van der Waals surface area (Å²) in [7, 11) is 0. The second-order valence-corrected chi connectivity index (χ2v) is 8.69. The Bertz CT molecular complexity index is 920. The molecule has 0 saturated carbocycles. The van der Waals surface area contributed by atoms with Gasteiger partial charge in [0, 0.05) is 36.6 Å². The first-order valence-corrected chi connectivity index (χ1v) is 11.1. The van der Waals surface area contributed by atoms with Crippen molar-refractivity contribution in [1.29, 1.82) is 0 Å². The lowest BCUT2D eigenvalue weighted by Gasteiger charge is -2.37. The first-order valence-electron chi connectivity index (χ1n) is 10.4. The second kappa shape index (κ2) is 9.37. The Morgan fingerprint density at radius 2 is 1.80 bits per heavy atom. The van der Waals surface area contributed by atoms with Gasteiger partial charge in [0.25, 0.3) is 5.95 Å². The number of aryl methyl sites for hydroxylation is 1. The van der Waals surface area contributed by atoms with Crippen molar-refractivity contribution in [2.45, 2.75) is 38.6 Å². The molecular weight excluding hydrogens is 421 g/mol. The predicted octanol–water partition coefficient (Wildman–Crippen LogP) is 4.21. The third kappa shape index (κ3) is 5.14. The van der Waals surface area contributed by atoms with Gasteiger partial charge in [-0.15, -0.1) is 0 Å². The van der Waals surface area contributed by atoms with Crippen LogP contribution in [0.25, 0.3) is 0 Å². The summed E-state index contributed by atoms with van der Waals surface area (Å²) in [5, 5.41) is 3.93. The van der Waals surface area contributed by atoms with Crippen LogP contribution in [-0.2, 0) is 0 Å². The first-order chi connectivity index (χ1) is 14.5. The highest BCUT2D eigenvalue weighted by atomic mass is 35.5. The minimum absolute atomic E-state index is 0.192. The number of likely N-dealkylation sites (tertiary alicyclic amines) is 1. The Labute approximate surface area is 187 Å². The quantitative estimate of drug-likeness (QED) is 0.539. The van der Waals surface area contributed by atoms with E-state index in [0.29, 0.717) is 27.7 Å². The fourth-order valence-electron chi connectivity index (χ4n) is 4.17. The van der Waals surface area contributed by atoms with E-state index in [4.69, 9.17) is 28.9 Å². The molecule has 2 aromatic rings. The minimum atomic E-state index is 0.192. The third-order valence-corrected chi connectivity index (χ3v) is 6.43. The van der Waals surface area contributed by atoms with E-state index in [-0.39, 0.29) is 5.96 Å². The van der Waals surface area contributed by atoms with E-state index in [1.807, 2.05) is 13.0 Å². The SMILES string of the molecule is Cc1cc(N2CCC(N3CCCC3)CC2)nc(/N=C(\N)Nc2ccc(Cl)c(Cl)c2)n1. The molecule has 1 aromatic heterocycles. The van der Waals surface area contributed by atoms with Crippen molar-refractivity contribution in [3.63, 3.8) is 0 Å². The van der Waals surface area contributed by atoms with Gasteiger partial charge >= 0.3 is 0 Å². The Morgan fingerprint density at radius 3 is 2.50 bits per heavy atom. The molecule has 0 aliphatic carbocycles. The zero-order valence-electron chi connectivity index (χ0n) is 17.1. The van der Waals surface area contributed by atoms with Crippen LogP contribution in [0.15, 0.2) is 29.3 Å². The van der Waals surface area contributed by atoms with Gasteiger partial charge in [0.1, 0.15) is 5.82 Å². The normalized spacial score (nSPS) is 18.8. The molecule has 3 N–H and O–H groups in total. The predicted molar refractivity (Wildman–Crippen MR) is 124 cm³/mol. The number of rotatable bonds is 4. The zero-order chi connectivity index (χ0) is 21.1. The molecule has 1 aromatic carbocycles. The van der Waals surface area contributed by atoms with Crippen molar-refractivity contribution < 1.29 is 0 Å². The van der Waals surface area contributed by atoms with Gasteiger partial charge in [0.15, 0.2) is 0 Å². The van der Waals surface area contributed by atoms with Crippen LogP contribution in [0.4, 0.5) is 17.5 Å². The molecule has 0 unspecified atom stereocenters. The molecule has 0 radical (unpaired) electrons. The number of hydrogen-bond donors (Lipinski definition) is 2. The molecule has 7 nitrogen and oxygen atoms in total. The lowest BCUT2D eigenvalue weighted by Crippen LogP contribution is -2.44. The van der Waals surface area contributed by atoms with Crippen LogP contribution >= 0.6 is 23.2 Å². The first kappa shape index (κ1) is 21.2. The average molecular weight is 448 g/mol. The maximum absolute atomic E-state index is 6.06. The number of halogens is 2. The topological polar surface area (TPSA) is 82.7 Å². The maximum Gasteiger partial charge on any atom is 0.254 e. The van der Waals surface area contributed by atoms with Crippen LogP contribution in [0.3, 0.4) is 0 Å². The van der Waals surface area contributed by atoms with Gasteiger partial charge in [-0.05, 0) is 63.9 Å². The molecule has 30 heavy (non-hydrogen) atoms. The van der Waals surface area contributed by atoms with Gasteiger partial charge in [-0.3, -0.25) is 0 Å². The number of aliphatic imine (C=N–C) groups is 1. The van der Waals surface area contributed by atoms with Gasteiger partial charge in [-0.2, -0.15) is 9.98 Å². The van der Waals surface area contributed by atoms with E-state index in [9.17, 15) is 0 Å². The van der Waals surface area contributed by atoms with E-state index in [1.165, 1.54) is 38.8 Å². The number of nitrogens with one attached hydrogen (secondary N) is 1. The number of piperidine rings is 1. The molecule has 160 valence electrons. The number of guanidine groups is 1. The summed E-state index contributed by atoms with van der Waals surface area (Å²) in [4.78, 5) is 18.4. The second-order valence-electron chi connectivity index (χ2n) is 7.88. The van der Waals surface area contributed by atoms with Crippen LogP contribution < -0.4 is 16.0 Å². The lowest BCUT2D eigenvalue weighted by molar-refractivity contribution is 0.207. The van der Waals surface area contributed by atoms with Gasteiger partial charge in [-0.25, -0.2) is 4.98 Å². The number of benzene rings is 1. The van der Waals surface area contributed by atoms with Crippen molar-refractivity contribution in [1.82, 2.24) is 14.9 Å². The molecule has 4 rings (SSSR count). The maximum atomic E-state index is 6.06. The summed E-state index contributed by atoms with van der Waals surface area (Å²) in [6.07, 6.45) is 5.01. The molecule has 2 fully saturated rings. The summed E-state index contributed by atoms with van der Waals surface area (Å²) < 4.78 is 0. The highest BCUT2D eigenvalue weighted by Gasteiger charge is 2.27. The fourth-order valence-corrected chi connectivity index (χ4v) is 4.47. The number of aromatic nitrogens is 2. The van der Waals surface area contributed by atoms with Crippen LogP contribution in [0.2, 0.25) is 10.0 Å². The van der Waals surface area contributed by atoms with Crippen molar-refractivity contribution in [2.24, 2.45) is 10.7 Å². The van der Waals surface area contributed by atoms with Crippen LogP contribution in [0, 0.1) is 6.92 Å². The molecule has 0 amide bonds. The number of nitrogens with zero attached hydrogens (tertiary/aromatic N) is 5. The van der Waals surface area contributed by atoms with Crippen molar-refractivity contribution in [3.05, 3.63) is 40.0 Å². The molecule has 2 aliphatic heterocycles. The molecule has 0 bridgehead atoms. The third-order valence-electron chi connectivity index (χ3n) is 5.69. The van der Waals surface area contributed by atoms with E-state index >= 15 is 0 Å². The molecule has 2 saturated heterocycles. The van der Waals surface area contributed by atoms with Crippen molar-refractivity contribution in [2.75, 3.05) is 36.4 Å². The van der Waals surface area contributed by atoms with Crippen molar-refractivity contribution in [3.8, 4) is 0 Å². The summed E-state index contributed by atoms with van der Waals surface area (Å²) in [6, 6.07) is 7.89. The summed E-state index contributed by atoms with van der Waals surface area (Å²) >= 11 is 12.0. The van der Waals surface area contributed by atoms with Crippen LogP contribution in [0.5, 0.6) is 0 Å². The number of hydrogen-bond acceptors (Lipinski definition) is 5. The fraction of sp³-hybridized carbons (Fsp3) is 0.476. The Kier molecular flexibility index (Phi) is 6.61. The highest BCUT2D eigenvalue weighted by molar-refractivity contribution is 6.42.